The zero-order chi connectivity index (χ0) is 17.6. The summed E-state index contributed by atoms with van der Waals surface area (Å²) in [5.41, 5.74) is 8.31. The maximum absolute atomic E-state index is 12.5. The molecule has 0 radical (unpaired) electrons. The fourth-order valence-corrected chi connectivity index (χ4v) is 2.92. The molecular weight excluding hydrogens is 336 g/mol. The normalized spacial score (nSPS) is 15.3. The first-order valence-corrected chi connectivity index (χ1v) is 8.79. The van der Waals surface area contributed by atoms with Crippen molar-refractivity contribution < 1.29 is 4.79 Å². The molecular formula is C19H21ClN4O. The topological polar surface area (TPSA) is 61.9 Å². The minimum absolute atomic E-state index is 0.0986. The van der Waals surface area contributed by atoms with E-state index >= 15 is 0 Å². The number of anilines is 1. The van der Waals surface area contributed by atoms with Gasteiger partial charge in [0.05, 0.1) is 11.6 Å². The molecule has 1 aliphatic rings. The first-order valence-electron chi connectivity index (χ1n) is 8.26. The van der Waals surface area contributed by atoms with Gasteiger partial charge in [-0.05, 0) is 36.4 Å². The highest BCUT2D eigenvalue weighted by molar-refractivity contribution is 6.28. The zero-order valence-corrected chi connectivity index (χ0v) is 14.7. The molecule has 25 heavy (non-hydrogen) atoms. The number of benzene rings is 2. The molecule has 2 N–H and O–H groups in total. The van der Waals surface area contributed by atoms with Crippen molar-refractivity contribution in [2.24, 2.45) is 10.7 Å². The molecule has 6 heteroatoms. The van der Waals surface area contributed by atoms with E-state index in [4.69, 9.17) is 17.3 Å². The Balaban J connectivity index is 1.60. The maximum atomic E-state index is 12.5. The lowest BCUT2D eigenvalue weighted by atomic mass is 10.1. The van der Waals surface area contributed by atoms with Gasteiger partial charge in [0.1, 0.15) is 5.84 Å². The Labute approximate surface area is 152 Å². The Morgan fingerprint density at radius 3 is 2.24 bits per heavy atom. The molecule has 2 aromatic rings. The molecule has 1 heterocycles. The van der Waals surface area contributed by atoms with Crippen molar-refractivity contribution in [3.05, 3.63) is 60.2 Å². The molecule has 0 aliphatic carbocycles. The number of nitrogens with zero attached hydrogens (tertiary/aromatic N) is 3. The average Bonchev–Trinajstić information content (AvgIpc) is 2.69. The van der Waals surface area contributed by atoms with Crippen molar-refractivity contribution in [3.8, 4) is 0 Å². The van der Waals surface area contributed by atoms with Crippen LogP contribution in [0.2, 0.25) is 0 Å². The van der Waals surface area contributed by atoms with E-state index in [1.165, 1.54) is 0 Å². The fourth-order valence-electron chi connectivity index (χ4n) is 2.86. The molecule has 0 aromatic heterocycles. The number of carbonyl (C=O) groups excluding carboxylic acids is 1. The average molecular weight is 357 g/mol. The van der Waals surface area contributed by atoms with E-state index in [0.29, 0.717) is 18.9 Å². The molecule has 1 aliphatic heterocycles. The fraction of sp³-hybridized carbons (Fsp3) is 0.263. The van der Waals surface area contributed by atoms with Gasteiger partial charge in [0, 0.05) is 37.4 Å². The van der Waals surface area contributed by atoms with Gasteiger partial charge in [0.25, 0.3) is 5.91 Å². The molecule has 0 bridgehead atoms. The van der Waals surface area contributed by atoms with Gasteiger partial charge in [-0.3, -0.25) is 4.79 Å². The van der Waals surface area contributed by atoms with Crippen LogP contribution in [0.4, 0.5) is 11.4 Å². The van der Waals surface area contributed by atoms with Crippen molar-refractivity contribution >= 4 is 34.7 Å². The molecule has 3 rings (SSSR count). The van der Waals surface area contributed by atoms with Crippen molar-refractivity contribution in [2.75, 3.05) is 37.0 Å². The summed E-state index contributed by atoms with van der Waals surface area (Å²) in [6.45, 7) is 3.05. The summed E-state index contributed by atoms with van der Waals surface area (Å²) in [5, 5.41) is 0. The van der Waals surface area contributed by atoms with Gasteiger partial charge in [0.2, 0.25) is 0 Å². The van der Waals surface area contributed by atoms with Crippen LogP contribution in [0.5, 0.6) is 0 Å². The van der Waals surface area contributed by atoms with Crippen LogP contribution < -0.4 is 10.6 Å². The summed E-state index contributed by atoms with van der Waals surface area (Å²) >= 11 is 5.64. The first kappa shape index (κ1) is 17.3. The van der Waals surface area contributed by atoms with Crippen LogP contribution in [0.25, 0.3) is 0 Å². The van der Waals surface area contributed by atoms with Gasteiger partial charge in [-0.15, -0.1) is 11.6 Å². The van der Waals surface area contributed by atoms with Crippen LogP contribution in [0.3, 0.4) is 0 Å². The number of rotatable bonds is 4. The molecule has 0 spiro atoms. The number of aliphatic imine (C=N–C) groups is 1. The number of nitrogens with two attached hydrogens (primary N) is 1. The number of amides is 1. The predicted molar refractivity (Wildman–Crippen MR) is 103 cm³/mol. The van der Waals surface area contributed by atoms with E-state index in [0.717, 1.165) is 30.0 Å². The van der Waals surface area contributed by atoms with Gasteiger partial charge in [-0.2, -0.15) is 0 Å². The van der Waals surface area contributed by atoms with E-state index in [-0.39, 0.29) is 11.8 Å². The minimum atomic E-state index is 0.0986. The lowest BCUT2D eigenvalue weighted by Crippen LogP contribution is -2.48. The second kappa shape index (κ2) is 8.03. The molecule has 2 aromatic carbocycles. The van der Waals surface area contributed by atoms with Crippen molar-refractivity contribution in [2.45, 2.75) is 0 Å². The Hall–Kier alpha value is -2.53. The summed E-state index contributed by atoms with van der Waals surface area (Å²) in [5.74, 6) is 0.725. The van der Waals surface area contributed by atoms with E-state index in [1.54, 1.807) is 0 Å². The van der Waals surface area contributed by atoms with E-state index < -0.39 is 0 Å². The van der Waals surface area contributed by atoms with Crippen molar-refractivity contribution in [3.63, 3.8) is 0 Å². The molecule has 130 valence electrons. The molecule has 0 atom stereocenters. The summed E-state index contributed by atoms with van der Waals surface area (Å²) in [4.78, 5) is 20.9. The number of hydrogen-bond acceptors (Lipinski definition) is 3. The number of carbonyl (C=O) groups is 1. The third kappa shape index (κ3) is 4.31. The smallest absolute Gasteiger partial charge is 0.253 e. The Morgan fingerprint density at radius 2 is 1.64 bits per heavy atom. The molecule has 1 saturated heterocycles. The van der Waals surface area contributed by atoms with Crippen LogP contribution in [-0.2, 0) is 0 Å². The van der Waals surface area contributed by atoms with E-state index in [9.17, 15) is 4.79 Å². The summed E-state index contributed by atoms with van der Waals surface area (Å²) in [6.07, 6.45) is 0. The van der Waals surface area contributed by atoms with Crippen LogP contribution >= 0.6 is 11.6 Å². The standard InChI is InChI=1S/C19H21ClN4O/c20-14-18(21)22-16-6-8-17(9-7-16)23-10-12-24(13-11-23)19(25)15-4-2-1-3-5-15/h1-9H,10-14H2,(H2,21,22). The van der Waals surface area contributed by atoms with Gasteiger partial charge in [-0.25, -0.2) is 4.99 Å². The zero-order valence-electron chi connectivity index (χ0n) is 13.9. The number of hydrogen-bond donors (Lipinski definition) is 1. The number of piperazine rings is 1. The van der Waals surface area contributed by atoms with Crippen LogP contribution in [-0.4, -0.2) is 48.7 Å². The third-order valence-electron chi connectivity index (χ3n) is 4.21. The Kier molecular flexibility index (Phi) is 5.56. The van der Waals surface area contributed by atoms with Gasteiger partial charge < -0.3 is 15.5 Å². The highest BCUT2D eigenvalue weighted by Gasteiger charge is 2.22. The summed E-state index contributed by atoms with van der Waals surface area (Å²) < 4.78 is 0. The Morgan fingerprint density at radius 1 is 1.00 bits per heavy atom. The van der Waals surface area contributed by atoms with Gasteiger partial charge >= 0.3 is 0 Å². The molecule has 1 amide bonds. The highest BCUT2D eigenvalue weighted by Crippen LogP contribution is 2.21. The van der Waals surface area contributed by atoms with Gasteiger partial charge in [-0.1, -0.05) is 18.2 Å². The van der Waals surface area contributed by atoms with Crippen LogP contribution in [0.1, 0.15) is 10.4 Å². The SMILES string of the molecule is NC(CCl)=Nc1ccc(N2CCN(C(=O)c3ccccc3)CC2)cc1. The maximum Gasteiger partial charge on any atom is 0.253 e. The second-order valence-corrected chi connectivity index (χ2v) is 6.17. The van der Waals surface area contributed by atoms with Crippen molar-refractivity contribution in [1.29, 1.82) is 0 Å². The summed E-state index contributed by atoms with van der Waals surface area (Å²) in [6, 6.07) is 17.3. The first-order chi connectivity index (χ1) is 12.2. The molecule has 0 unspecified atom stereocenters. The summed E-state index contributed by atoms with van der Waals surface area (Å²) in [7, 11) is 0. The highest BCUT2D eigenvalue weighted by atomic mass is 35.5. The number of halogens is 1. The molecule has 0 saturated carbocycles. The van der Waals surface area contributed by atoms with E-state index in [2.05, 4.69) is 9.89 Å². The van der Waals surface area contributed by atoms with Crippen molar-refractivity contribution in [1.82, 2.24) is 4.90 Å². The van der Waals surface area contributed by atoms with Gasteiger partial charge in [0.15, 0.2) is 0 Å². The lowest BCUT2D eigenvalue weighted by Gasteiger charge is -2.36. The lowest BCUT2D eigenvalue weighted by molar-refractivity contribution is 0.0747. The number of amidine groups is 1. The molecule has 5 nitrogen and oxygen atoms in total. The predicted octanol–water partition coefficient (Wildman–Crippen LogP) is 2.88. The van der Waals surface area contributed by atoms with Crippen LogP contribution in [0.15, 0.2) is 59.6 Å². The third-order valence-corrected chi connectivity index (χ3v) is 4.49. The monoisotopic (exact) mass is 356 g/mol. The van der Waals surface area contributed by atoms with Crippen LogP contribution in [0, 0.1) is 0 Å². The number of alkyl halides is 1. The molecule has 1 fully saturated rings. The van der Waals surface area contributed by atoms with E-state index in [1.807, 2.05) is 59.5 Å². The quantitative estimate of drug-likeness (QED) is 0.520. The largest absolute Gasteiger partial charge is 0.386 e. The Bertz CT molecular complexity index is 738. The minimum Gasteiger partial charge on any atom is -0.386 e. The second-order valence-electron chi connectivity index (χ2n) is 5.90.